The van der Waals surface area contributed by atoms with Crippen molar-refractivity contribution in [3.8, 4) is 0 Å². The molecule has 1 saturated heterocycles. The molecule has 0 spiro atoms. The number of carbonyl (C=O) groups is 12. The molecular weight excluding hydrogens is 874 g/mol. The Morgan fingerprint density at radius 1 is 0.606 bits per heavy atom. The molecule has 25 heteroatoms. The van der Waals surface area contributed by atoms with Crippen molar-refractivity contribution in [3.63, 3.8) is 0 Å². The molecule has 372 valence electrons. The van der Waals surface area contributed by atoms with Crippen molar-refractivity contribution in [3.05, 3.63) is 0 Å². The Morgan fingerprint density at radius 3 is 1.56 bits per heavy atom. The van der Waals surface area contributed by atoms with Crippen LogP contribution < -0.4 is 37.3 Å². The first kappa shape index (κ1) is 57.6. The number of carbonyl (C=O) groups excluding carboxylic acids is 9. The second-order valence-corrected chi connectivity index (χ2v) is 16.7. The molecular formula is C41H67N9O16. The van der Waals surface area contributed by atoms with E-state index >= 15 is 0 Å². The van der Waals surface area contributed by atoms with Crippen LogP contribution in [0.25, 0.3) is 0 Å². The highest BCUT2D eigenvalue weighted by molar-refractivity contribution is 5.99. The van der Waals surface area contributed by atoms with Crippen molar-refractivity contribution < 1.29 is 78.0 Å². The number of amides is 9. The molecule has 0 bridgehead atoms. The van der Waals surface area contributed by atoms with Gasteiger partial charge in [0.25, 0.3) is 5.91 Å². The number of hydrazine groups is 1. The van der Waals surface area contributed by atoms with E-state index in [9.17, 15) is 72.9 Å². The molecule has 66 heavy (non-hydrogen) atoms. The third kappa shape index (κ3) is 19.0. The first-order valence-electron chi connectivity index (χ1n) is 21.8. The van der Waals surface area contributed by atoms with Gasteiger partial charge in [0.05, 0.1) is 18.9 Å². The summed E-state index contributed by atoms with van der Waals surface area (Å²) in [6.07, 6.45) is -3.12. The van der Waals surface area contributed by atoms with Gasteiger partial charge in [0, 0.05) is 32.9 Å². The molecule has 0 aliphatic carbocycles. The lowest BCUT2D eigenvalue weighted by atomic mass is 9.98. The Labute approximate surface area is 382 Å². The molecule has 1 fully saturated rings. The van der Waals surface area contributed by atoms with Gasteiger partial charge in [0.15, 0.2) is 0 Å². The zero-order valence-electron chi connectivity index (χ0n) is 38.6. The SMILES string of the molecule is CCCC(=O)N(CCC)NC(=O)[C@@H]1CCCN1C(=O)[C@@H](NC(=O)[C@@H](NC(=O)[C@H](CC(=O)O)NC(=O)[C@H](CCC(=O)O)NC(=O)[C@@H](NC(=O)[C@H](CC(=O)O)NC(C)=O)[C@@H](C)O)C(C)C)C(C)C. The van der Waals surface area contributed by atoms with Crippen LogP contribution in [0.1, 0.15) is 113 Å². The third-order valence-corrected chi connectivity index (χ3v) is 10.2. The molecule has 1 aliphatic heterocycles. The van der Waals surface area contributed by atoms with E-state index < -0.39 is 151 Å². The summed E-state index contributed by atoms with van der Waals surface area (Å²) in [5.74, 6) is -14.0. The van der Waals surface area contributed by atoms with Crippen LogP contribution >= 0.6 is 0 Å². The molecule has 0 aromatic carbocycles. The molecule has 8 atom stereocenters. The smallest absolute Gasteiger partial charge is 0.305 e. The zero-order valence-corrected chi connectivity index (χ0v) is 38.6. The van der Waals surface area contributed by atoms with Crippen molar-refractivity contribution in [1.29, 1.82) is 0 Å². The van der Waals surface area contributed by atoms with Gasteiger partial charge in [-0.3, -0.25) is 68.0 Å². The molecule has 0 aromatic heterocycles. The summed E-state index contributed by atoms with van der Waals surface area (Å²) in [4.78, 5) is 155. The number of nitrogens with zero attached hydrogens (tertiary/aromatic N) is 2. The quantitative estimate of drug-likeness (QED) is 0.0379. The summed E-state index contributed by atoms with van der Waals surface area (Å²) in [6, 6.07) is -11.1. The number of aliphatic hydroxyl groups is 1. The number of rotatable bonds is 27. The second kappa shape index (κ2) is 27.8. The van der Waals surface area contributed by atoms with Gasteiger partial charge in [0.1, 0.15) is 42.3 Å². The summed E-state index contributed by atoms with van der Waals surface area (Å²) in [5.41, 5.74) is 2.63. The van der Waals surface area contributed by atoms with Crippen LogP contribution in [0.4, 0.5) is 0 Å². The normalized spacial score (nSPS) is 16.5. The van der Waals surface area contributed by atoms with Gasteiger partial charge in [-0.1, -0.05) is 41.5 Å². The van der Waals surface area contributed by atoms with E-state index in [2.05, 4.69) is 37.3 Å². The average molecular weight is 942 g/mol. The molecule has 1 rings (SSSR count). The van der Waals surface area contributed by atoms with Gasteiger partial charge in [-0.15, -0.1) is 0 Å². The molecule has 1 aliphatic rings. The number of nitrogens with one attached hydrogen (secondary N) is 7. The highest BCUT2D eigenvalue weighted by Crippen LogP contribution is 2.21. The Morgan fingerprint density at radius 2 is 1.09 bits per heavy atom. The van der Waals surface area contributed by atoms with Gasteiger partial charge < -0.3 is 57.2 Å². The molecule has 11 N–H and O–H groups in total. The van der Waals surface area contributed by atoms with Crippen molar-refractivity contribution in [2.24, 2.45) is 11.8 Å². The fourth-order valence-electron chi connectivity index (χ4n) is 6.79. The number of hydrogen-bond acceptors (Lipinski definition) is 13. The van der Waals surface area contributed by atoms with Crippen LogP contribution in [0.5, 0.6) is 0 Å². The Bertz CT molecular complexity index is 1780. The first-order chi connectivity index (χ1) is 30.7. The lowest BCUT2D eigenvalue weighted by molar-refractivity contribution is -0.147. The summed E-state index contributed by atoms with van der Waals surface area (Å²) >= 11 is 0. The first-order valence-corrected chi connectivity index (χ1v) is 21.8. The summed E-state index contributed by atoms with van der Waals surface area (Å²) < 4.78 is 0. The van der Waals surface area contributed by atoms with E-state index in [1.165, 1.54) is 23.8 Å². The predicted octanol–water partition coefficient (Wildman–Crippen LogP) is -2.52. The van der Waals surface area contributed by atoms with Gasteiger partial charge >= 0.3 is 17.9 Å². The Hall–Kier alpha value is -6.40. The van der Waals surface area contributed by atoms with E-state index in [0.717, 1.165) is 13.8 Å². The van der Waals surface area contributed by atoms with Gasteiger partial charge in [-0.05, 0) is 50.9 Å². The highest BCUT2D eigenvalue weighted by Gasteiger charge is 2.41. The van der Waals surface area contributed by atoms with Crippen molar-refractivity contribution in [2.75, 3.05) is 13.1 Å². The number of carboxylic acids is 3. The molecule has 25 nitrogen and oxygen atoms in total. The topological polar surface area (TPSA) is 376 Å². The summed E-state index contributed by atoms with van der Waals surface area (Å²) in [6.45, 7) is 12.4. The molecule has 0 aromatic rings. The minimum absolute atomic E-state index is 0.168. The van der Waals surface area contributed by atoms with Crippen molar-refractivity contribution >= 4 is 71.1 Å². The van der Waals surface area contributed by atoms with Crippen LogP contribution in [0.3, 0.4) is 0 Å². The number of hydrogen-bond donors (Lipinski definition) is 11. The van der Waals surface area contributed by atoms with E-state index in [4.69, 9.17) is 5.11 Å². The van der Waals surface area contributed by atoms with Gasteiger partial charge in [-0.25, -0.2) is 0 Å². The lowest BCUT2D eigenvalue weighted by Gasteiger charge is -2.33. The van der Waals surface area contributed by atoms with Crippen LogP contribution in [-0.4, -0.2) is 163 Å². The predicted molar refractivity (Wildman–Crippen MR) is 230 cm³/mol. The van der Waals surface area contributed by atoms with Crippen LogP contribution in [-0.2, 0) is 57.5 Å². The molecule has 0 unspecified atom stereocenters. The molecule has 0 saturated carbocycles. The zero-order chi connectivity index (χ0) is 50.6. The minimum Gasteiger partial charge on any atom is -0.481 e. The number of likely N-dealkylation sites (tertiary alicyclic amines) is 1. The Balaban J connectivity index is 3.35. The van der Waals surface area contributed by atoms with E-state index in [-0.39, 0.29) is 31.8 Å². The molecule has 1 heterocycles. The largest absolute Gasteiger partial charge is 0.481 e. The number of aliphatic hydroxyl groups excluding tert-OH is 1. The van der Waals surface area contributed by atoms with Gasteiger partial charge in [-0.2, -0.15) is 0 Å². The number of aliphatic carboxylic acids is 3. The highest BCUT2D eigenvalue weighted by atomic mass is 16.4. The van der Waals surface area contributed by atoms with Crippen LogP contribution in [0.15, 0.2) is 0 Å². The maximum absolute atomic E-state index is 14.0. The van der Waals surface area contributed by atoms with Crippen molar-refractivity contribution in [2.45, 2.75) is 162 Å². The fourth-order valence-corrected chi connectivity index (χ4v) is 6.79. The average Bonchev–Trinajstić information content (AvgIpc) is 3.71. The number of carboxylic acid groups (broad SMARTS) is 3. The van der Waals surface area contributed by atoms with Crippen LogP contribution in [0, 0.1) is 11.8 Å². The molecule has 9 amide bonds. The fraction of sp³-hybridized carbons (Fsp3) is 0.707. The van der Waals surface area contributed by atoms with Crippen LogP contribution in [0.2, 0.25) is 0 Å². The monoisotopic (exact) mass is 941 g/mol. The summed E-state index contributed by atoms with van der Waals surface area (Å²) in [5, 5.41) is 53.2. The molecule has 0 radical (unpaired) electrons. The summed E-state index contributed by atoms with van der Waals surface area (Å²) in [7, 11) is 0. The minimum atomic E-state index is -1.96. The van der Waals surface area contributed by atoms with Gasteiger partial charge in [0.2, 0.25) is 47.3 Å². The van der Waals surface area contributed by atoms with E-state index in [1.54, 1.807) is 13.8 Å². The van der Waals surface area contributed by atoms with E-state index in [0.29, 0.717) is 19.3 Å². The lowest BCUT2D eigenvalue weighted by Crippen LogP contribution is -2.62. The second-order valence-electron chi connectivity index (χ2n) is 16.7. The third-order valence-electron chi connectivity index (χ3n) is 10.2. The van der Waals surface area contributed by atoms with E-state index in [1.807, 2.05) is 13.8 Å². The van der Waals surface area contributed by atoms with Crippen molar-refractivity contribution in [1.82, 2.24) is 47.2 Å². The standard InChI is InChI=1S/C41H67N9O16/c1-9-12-28(53)50(16-10-2)48-38(63)27-13-11-17-49(27)41(66)33(21(5)6)46-39(64)32(20(3)4)45-37(62)26(19-31(58)59)44-35(60)24(14-15-29(54)55)43-40(65)34(22(7)51)47-36(61)25(18-30(56)57)42-23(8)52/h20-22,24-27,32-34,51H,9-19H2,1-8H3,(H,42,52)(H,43,65)(H,44,60)(H,45,62)(H,46,64)(H,47,61)(H,48,63)(H,54,55)(H,56,57)(H,58,59)/t22-,24+,25+,26+,27+,32+,33+,34+/m1/s1. The maximum atomic E-state index is 14.0. The maximum Gasteiger partial charge on any atom is 0.305 e. The Kier molecular flexibility index (Phi) is 24.3.